The summed E-state index contributed by atoms with van der Waals surface area (Å²) in [5, 5.41) is 3.57. The number of amides is 2. The second-order valence-electron chi connectivity index (χ2n) is 10.1. The van der Waals surface area contributed by atoms with Gasteiger partial charge in [-0.3, -0.25) is 9.59 Å². The van der Waals surface area contributed by atoms with E-state index in [0.717, 1.165) is 35.4 Å². The normalized spacial score (nSPS) is 17.0. The first-order valence-corrected chi connectivity index (χ1v) is 14.1. The van der Waals surface area contributed by atoms with Gasteiger partial charge in [-0.2, -0.15) is 13.2 Å². The minimum absolute atomic E-state index is 0.117. The molecule has 4 heterocycles. The zero-order valence-corrected chi connectivity index (χ0v) is 22.4. The van der Waals surface area contributed by atoms with E-state index < -0.39 is 11.7 Å². The molecule has 2 saturated heterocycles. The number of benzene rings is 2. The molecule has 0 spiro atoms. The number of carbonyl (C=O) groups is 2. The highest BCUT2D eigenvalue weighted by atomic mass is 32.1. The number of nitrogens with zero attached hydrogens (tertiary/aromatic N) is 4. The summed E-state index contributed by atoms with van der Waals surface area (Å²) >= 11 is 1.46. The molecule has 2 aromatic heterocycles. The lowest BCUT2D eigenvalue weighted by atomic mass is 9.97. The monoisotopic (exact) mass is 568 g/mol. The number of aromatic nitrogens is 1. The number of fused-ring (bicyclic) bond motifs is 1. The van der Waals surface area contributed by atoms with Crippen molar-refractivity contribution in [2.75, 3.05) is 44.2 Å². The van der Waals surface area contributed by atoms with E-state index in [-0.39, 0.29) is 17.7 Å². The minimum Gasteiger partial charge on any atom is -0.451 e. The van der Waals surface area contributed by atoms with Crippen LogP contribution < -0.4 is 4.90 Å². The molecule has 11 heteroatoms. The molecule has 208 valence electrons. The van der Waals surface area contributed by atoms with E-state index in [1.165, 1.54) is 17.4 Å². The number of thiazole rings is 1. The maximum atomic E-state index is 13.1. The van der Waals surface area contributed by atoms with Gasteiger partial charge in [-0.1, -0.05) is 24.3 Å². The molecule has 2 fully saturated rings. The Balaban J connectivity index is 1.03. The van der Waals surface area contributed by atoms with E-state index in [0.29, 0.717) is 62.0 Å². The maximum Gasteiger partial charge on any atom is 0.416 e. The Kier molecular flexibility index (Phi) is 6.99. The third kappa shape index (κ3) is 5.30. The maximum absolute atomic E-state index is 13.1. The fourth-order valence-electron chi connectivity index (χ4n) is 5.35. The van der Waals surface area contributed by atoms with Crippen LogP contribution in [0, 0.1) is 0 Å². The first-order valence-electron chi connectivity index (χ1n) is 13.2. The van der Waals surface area contributed by atoms with Crippen molar-refractivity contribution in [3.8, 4) is 0 Å². The van der Waals surface area contributed by atoms with E-state index in [2.05, 4.69) is 4.98 Å². The van der Waals surface area contributed by atoms with Crippen molar-refractivity contribution in [3.63, 3.8) is 0 Å². The molecule has 4 aromatic rings. The molecule has 7 nitrogen and oxygen atoms in total. The van der Waals surface area contributed by atoms with E-state index in [1.807, 2.05) is 29.2 Å². The highest BCUT2D eigenvalue weighted by Crippen LogP contribution is 2.33. The van der Waals surface area contributed by atoms with Crippen molar-refractivity contribution in [1.82, 2.24) is 14.8 Å². The van der Waals surface area contributed by atoms with Gasteiger partial charge in [0.2, 0.25) is 0 Å². The third-order valence-electron chi connectivity index (χ3n) is 7.61. The number of hydrogen-bond acceptors (Lipinski definition) is 6. The SMILES string of the molecule is O=C(c1csc(C2CCN(C(=O)c3cc4ccccc4o3)CC2)n1)N1CCN(c2cccc(C(F)(F)F)c2)CC1. The van der Waals surface area contributed by atoms with Crippen molar-refractivity contribution in [2.45, 2.75) is 24.9 Å². The number of furan rings is 1. The molecule has 0 saturated carbocycles. The lowest BCUT2D eigenvalue weighted by Crippen LogP contribution is -2.49. The average Bonchev–Trinajstić information content (AvgIpc) is 3.64. The molecule has 0 bridgehead atoms. The van der Waals surface area contributed by atoms with Gasteiger partial charge in [-0.15, -0.1) is 11.3 Å². The molecule has 6 rings (SSSR count). The molecular formula is C29H27F3N4O3S. The zero-order chi connectivity index (χ0) is 27.9. The average molecular weight is 569 g/mol. The number of anilines is 1. The van der Waals surface area contributed by atoms with Crippen molar-refractivity contribution in [2.24, 2.45) is 0 Å². The van der Waals surface area contributed by atoms with Crippen LogP contribution in [0.4, 0.5) is 18.9 Å². The third-order valence-corrected chi connectivity index (χ3v) is 8.62. The predicted molar refractivity (Wildman–Crippen MR) is 146 cm³/mol. The predicted octanol–water partition coefficient (Wildman–Crippen LogP) is 5.89. The van der Waals surface area contributed by atoms with Crippen LogP contribution in [-0.2, 0) is 6.18 Å². The molecule has 2 aliphatic heterocycles. The lowest BCUT2D eigenvalue weighted by molar-refractivity contribution is -0.137. The molecule has 0 atom stereocenters. The van der Waals surface area contributed by atoms with Crippen LogP contribution in [0.2, 0.25) is 0 Å². The molecule has 0 unspecified atom stereocenters. The molecule has 2 amide bonds. The molecule has 0 aliphatic carbocycles. The van der Waals surface area contributed by atoms with Crippen LogP contribution >= 0.6 is 11.3 Å². The van der Waals surface area contributed by atoms with Crippen molar-refractivity contribution >= 4 is 39.8 Å². The first-order chi connectivity index (χ1) is 19.3. The molecule has 0 radical (unpaired) electrons. The summed E-state index contributed by atoms with van der Waals surface area (Å²) in [6, 6.07) is 14.6. The van der Waals surface area contributed by atoms with E-state index >= 15 is 0 Å². The lowest BCUT2D eigenvalue weighted by Gasteiger charge is -2.36. The standard InChI is InChI=1S/C29H27F3N4O3S/c30-29(31,32)21-5-3-6-22(17-21)34-12-14-36(15-13-34)27(37)23-18-40-26(33-23)19-8-10-35(11-9-19)28(38)25-16-20-4-1-2-7-24(20)39-25/h1-7,16-19H,8-15H2. The van der Waals surface area contributed by atoms with Gasteiger partial charge < -0.3 is 19.1 Å². The molecule has 40 heavy (non-hydrogen) atoms. The summed E-state index contributed by atoms with van der Waals surface area (Å²) in [6.07, 6.45) is -2.89. The van der Waals surface area contributed by atoms with Gasteiger partial charge in [0.05, 0.1) is 10.6 Å². The van der Waals surface area contributed by atoms with Gasteiger partial charge in [0, 0.05) is 61.6 Å². The van der Waals surface area contributed by atoms with Crippen LogP contribution in [-0.4, -0.2) is 65.9 Å². The number of piperidine rings is 1. The molecule has 2 aromatic carbocycles. The Morgan fingerprint density at radius 2 is 1.60 bits per heavy atom. The summed E-state index contributed by atoms with van der Waals surface area (Å²) in [4.78, 5) is 36.1. The number of halogens is 3. The summed E-state index contributed by atoms with van der Waals surface area (Å²) in [6.45, 7) is 2.87. The van der Waals surface area contributed by atoms with Gasteiger partial charge in [0.15, 0.2) is 5.76 Å². The summed E-state index contributed by atoms with van der Waals surface area (Å²) < 4.78 is 45.0. The fourth-order valence-corrected chi connectivity index (χ4v) is 6.32. The zero-order valence-electron chi connectivity index (χ0n) is 21.6. The molecule has 2 aliphatic rings. The second-order valence-corrected chi connectivity index (χ2v) is 11.0. The van der Waals surface area contributed by atoms with Gasteiger partial charge in [0.25, 0.3) is 11.8 Å². The molecule has 0 N–H and O–H groups in total. The fraction of sp³-hybridized carbons (Fsp3) is 0.345. The van der Waals surface area contributed by atoms with Gasteiger partial charge in [-0.05, 0) is 43.2 Å². The second kappa shape index (κ2) is 10.6. The summed E-state index contributed by atoms with van der Waals surface area (Å²) in [5.74, 6) is 0.233. The number of carbonyl (C=O) groups excluding carboxylic acids is 2. The Morgan fingerprint density at radius 3 is 2.33 bits per heavy atom. The Labute approximate surface area is 232 Å². The molecular weight excluding hydrogens is 541 g/mol. The smallest absolute Gasteiger partial charge is 0.416 e. The summed E-state index contributed by atoms with van der Waals surface area (Å²) in [5.41, 5.74) is 0.914. The van der Waals surface area contributed by atoms with Crippen LogP contribution in [0.1, 0.15) is 50.4 Å². The summed E-state index contributed by atoms with van der Waals surface area (Å²) in [7, 11) is 0. The number of alkyl halides is 3. The van der Waals surface area contributed by atoms with E-state index in [9.17, 15) is 22.8 Å². The Morgan fingerprint density at radius 1 is 0.875 bits per heavy atom. The van der Waals surface area contributed by atoms with Crippen LogP contribution in [0.5, 0.6) is 0 Å². The van der Waals surface area contributed by atoms with Gasteiger partial charge in [0.1, 0.15) is 11.3 Å². The van der Waals surface area contributed by atoms with Gasteiger partial charge in [-0.25, -0.2) is 4.98 Å². The van der Waals surface area contributed by atoms with Crippen LogP contribution in [0.25, 0.3) is 11.0 Å². The minimum atomic E-state index is -4.39. The quantitative estimate of drug-likeness (QED) is 0.307. The largest absolute Gasteiger partial charge is 0.451 e. The van der Waals surface area contributed by atoms with E-state index in [4.69, 9.17) is 4.42 Å². The van der Waals surface area contributed by atoms with Crippen molar-refractivity contribution in [1.29, 1.82) is 0 Å². The van der Waals surface area contributed by atoms with E-state index in [1.54, 1.807) is 27.3 Å². The number of rotatable bonds is 4. The Bertz CT molecular complexity index is 1500. The van der Waals surface area contributed by atoms with Crippen molar-refractivity contribution in [3.05, 3.63) is 82.0 Å². The first kappa shape index (κ1) is 26.4. The topological polar surface area (TPSA) is 69.9 Å². The number of piperazine rings is 1. The van der Waals surface area contributed by atoms with Gasteiger partial charge >= 0.3 is 6.18 Å². The number of para-hydroxylation sites is 1. The number of hydrogen-bond donors (Lipinski definition) is 0. The van der Waals surface area contributed by atoms with Crippen molar-refractivity contribution < 1.29 is 27.2 Å². The van der Waals surface area contributed by atoms with Crippen LogP contribution in [0.3, 0.4) is 0 Å². The highest BCUT2D eigenvalue weighted by Gasteiger charge is 2.32. The Hall–Kier alpha value is -3.86. The highest BCUT2D eigenvalue weighted by molar-refractivity contribution is 7.09. The number of likely N-dealkylation sites (tertiary alicyclic amines) is 1. The van der Waals surface area contributed by atoms with Crippen LogP contribution in [0.15, 0.2) is 64.4 Å².